The van der Waals surface area contributed by atoms with Gasteiger partial charge in [-0.2, -0.15) is 10.1 Å². The molecule has 0 radical (unpaired) electrons. The van der Waals surface area contributed by atoms with Crippen LogP contribution in [-0.2, 0) is 20.8 Å². The van der Waals surface area contributed by atoms with Crippen molar-refractivity contribution in [3.63, 3.8) is 0 Å². The van der Waals surface area contributed by atoms with Crippen molar-refractivity contribution in [1.29, 1.82) is 5.26 Å². The molecule has 10 heteroatoms. The predicted octanol–water partition coefficient (Wildman–Crippen LogP) is 0.162. The van der Waals surface area contributed by atoms with Gasteiger partial charge >= 0.3 is 12.2 Å². The van der Waals surface area contributed by atoms with Gasteiger partial charge in [0.25, 0.3) is 0 Å². The van der Waals surface area contributed by atoms with Gasteiger partial charge in [-0.1, -0.05) is 12.1 Å². The number of hydrogen-bond acceptors (Lipinski definition) is 5. The number of carbonyl (C=O) groups excluding carboxylic acids is 2. The highest BCUT2D eigenvalue weighted by Crippen LogP contribution is 2.22. The largest absolute Gasteiger partial charge is 0.480 e. The van der Waals surface area contributed by atoms with Crippen molar-refractivity contribution in [1.82, 2.24) is 10.3 Å². The molecule has 0 saturated heterocycles. The fourth-order valence-electron chi connectivity index (χ4n) is 2.72. The maximum absolute atomic E-state index is 12.2. The Morgan fingerprint density at radius 2 is 2.14 bits per heavy atom. The summed E-state index contributed by atoms with van der Waals surface area (Å²) < 4.78 is 0. The molecule has 1 amide bonds. The molecule has 1 aromatic heterocycles. The number of carboxylic acids is 1. The number of rotatable bonds is 9. The average molecular weight is 383 g/mol. The van der Waals surface area contributed by atoms with Crippen molar-refractivity contribution >= 4 is 34.8 Å². The molecule has 0 aliphatic carbocycles. The summed E-state index contributed by atoms with van der Waals surface area (Å²) in [6, 6.07) is 5.70. The topological polar surface area (TPSA) is 180 Å². The van der Waals surface area contributed by atoms with E-state index in [9.17, 15) is 24.6 Å². The summed E-state index contributed by atoms with van der Waals surface area (Å²) in [5.41, 5.74) is 9.87. The fourth-order valence-corrected chi connectivity index (χ4v) is 2.72. The summed E-state index contributed by atoms with van der Waals surface area (Å²) in [6.07, 6.45) is 0.115. The Morgan fingerprint density at radius 1 is 1.39 bits per heavy atom. The summed E-state index contributed by atoms with van der Waals surface area (Å²) in [6.45, 7) is 0. The molecule has 0 bridgehead atoms. The van der Waals surface area contributed by atoms with E-state index in [0.29, 0.717) is 28.2 Å². The number of carboxylic acid groups (broad SMARTS) is 1. The van der Waals surface area contributed by atoms with Gasteiger partial charge in [0.2, 0.25) is 11.7 Å². The first kappa shape index (κ1) is 20.5. The van der Waals surface area contributed by atoms with Crippen molar-refractivity contribution in [3.8, 4) is 6.07 Å². The second-order valence-corrected chi connectivity index (χ2v) is 6.02. The number of aromatic nitrogens is 1. The number of Topliss-reactive ketones (excluding diaryl/α,β-unsaturated/α-hetero) is 1. The SMILES string of the molecule is N#Cc1cccc2c(C[C@H](O)C(=O)N[C@@H](CCC(=O)C=[N+]=[N-])C(=O)O)c[nH]c12. The van der Waals surface area contributed by atoms with Crippen molar-refractivity contribution in [2.75, 3.05) is 0 Å². The number of aliphatic hydroxyl groups excluding tert-OH is 1. The van der Waals surface area contributed by atoms with E-state index in [1.165, 1.54) is 0 Å². The zero-order valence-electron chi connectivity index (χ0n) is 14.6. The molecule has 0 aliphatic heterocycles. The third-order valence-electron chi connectivity index (χ3n) is 4.13. The average Bonchev–Trinajstić information content (AvgIpc) is 3.07. The van der Waals surface area contributed by atoms with Crippen LogP contribution >= 0.6 is 0 Å². The minimum atomic E-state index is -1.53. The van der Waals surface area contributed by atoms with Gasteiger partial charge in [-0.05, 0) is 18.1 Å². The van der Waals surface area contributed by atoms with E-state index in [0.717, 1.165) is 0 Å². The lowest BCUT2D eigenvalue weighted by molar-refractivity contribution is -0.143. The van der Waals surface area contributed by atoms with E-state index in [2.05, 4.69) is 15.1 Å². The zero-order chi connectivity index (χ0) is 20.7. The first-order valence-electron chi connectivity index (χ1n) is 8.28. The van der Waals surface area contributed by atoms with Gasteiger partial charge in [0.05, 0.1) is 11.1 Å². The molecular formula is C18H17N5O5. The summed E-state index contributed by atoms with van der Waals surface area (Å²) >= 11 is 0. The zero-order valence-corrected chi connectivity index (χ0v) is 14.6. The summed E-state index contributed by atoms with van der Waals surface area (Å²) in [5, 5.41) is 31.3. The molecule has 1 aromatic carbocycles. The lowest BCUT2D eigenvalue weighted by Crippen LogP contribution is -2.46. The molecule has 2 atom stereocenters. The van der Waals surface area contributed by atoms with Gasteiger partial charge in [0, 0.05) is 24.4 Å². The Hall–Kier alpha value is -3.80. The van der Waals surface area contributed by atoms with Gasteiger partial charge in [-0.15, -0.1) is 0 Å². The Balaban J connectivity index is 2.05. The molecule has 0 spiro atoms. The highest BCUT2D eigenvalue weighted by molar-refractivity contribution is 6.25. The lowest BCUT2D eigenvalue weighted by atomic mass is 10.0. The highest BCUT2D eigenvalue weighted by atomic mass is 16.4. The molecule has 2 rings (SSSR count). The smallest absolute Gasteiger partial charge is 0.326 e. The molecule has 0 fully saturated rings. The third kappa shape index (κ3) is 4.88. The van der Waals surface area contributed by atoms with E-state index in [-0.39, 0.29) is 19.3 Å². The van der Waals surface area contributed by atoms with Gasteiger partial charge in [0.1, 0.15) is 18.2 Å². The number of carbonyl (C=O) groups is 3. The summed E-state index contributed by atoms with van der Waals surface area (Å²) in [4.78, 5) is 40.2. The van der Waals surface area contributed by atoms with E-state index in [1.807, 2.05) is 6.07 Å². The van der Waals surface area contributed by atoms with Crippen LogP contribution in [0.1, 0.15) is 24.0 Å². The summed E-state index contributed by atoms with van der Waals surface area (Å²) in [7, 11) is 0. The van der Waals surface area contributed by atoms with Crippen LogP contribution in [-0.4, -0.2) is 56.0 Å². The van der Waals surface area contributed by atoms with Gasteiger partial charge in [0.15, 0.2) is 0 Å². The van der Waals surface area contributed by atoms with Crippen LogP contribution < -0.4 is 5.32 Å². The Bertz CT molecular complexity index is 999. The van der Waals surface area contributed by atoms with Crippen LogP contribution in [0.25, 0.3) is 16.4 Å². The molecule has 144 valence electrons. The second-order valence-electron chi connectivity index (χ2n) is 6.02. The summed E-state index contributed by atoms with van der Waals surface area (Å²) in [5.74, 6) is -2.86. The van der Waals surface area contributed by atoms with E-state index >= 15 is 0 Å². The van der Waals surface area contributed by atoms with E-state index < -0.39 is 29.8 Å². The van der Waals surface area contributed by atoms with Gasteiger partial charge < -0.3 is 26.0 Å². The number of nitrogens with one attached hydrogen (secondary N) is 2. The van der Waals surface area contributed by atoms with Crippen LogP contribution in [0.5, 0.6) is 0 Å². The number of fused-ring (bicyclic) bond motifs is 1. The van der Waals surface area contributed by atoms with Crippen molar-refractivity contribution in [2.24, 2.45) is 0 Å². The Labute approximate surface area is 159 Å². The first-order chi connectivity index (χ1) is 13.4. The van der Waals surface area contributed by atoms with E-state index in [4.69, 9.17) is 10.8 Å². The van der Waals surface area contributed by atoms with Crippen LogP contribution in [0.2, 0.25) is 0 Å². The predicted molar refractivity (Wildman–Crippen MR) is 96.2 cm³/mol. The molecule has 1 heterocycles. The number of amides is 1. The number of H-pyrrole nitrogens is 1. The number of ketones is 1. The van der Waals surface area contributed by atoms with Crippen LogP contribution in [0.4, 0.5) is 0 Å². The van der Waals surface area contributed by atoms with Crippen molar-refractivity contribution in [3.05, 3.63) is 41.1 Å². The highest BCUT2D eigenvalue weighted by Gasteiger charge is 2.25. The van der Waals surface area contributed by atoms with Crippen molar-refractivity contribution < 1.29 is 29.4 Å². The number of aliphatic carboxylic acids is 1. The minimum Gasteiger partial charge on any atom is -0.480 e. The number of aliphatic hydroxyl groups is 1. The molecule has 0 unspecified atom stereocenters. The monoisotopic (exact) mass is 383 g/mol. The lowest BCUT2D eigenvalue weighted by Gasteiger charge is -2.16. The normalized spacial score (nSPS) is 12.4. The quantitative estimate of drug-likeness (QED) is 0.272. The van der Waals surface area contributed by atoms with Crippen LogP contribution in [0.15, 0.2) is 24.4 Å². The van der Waals surface area contributed by atoms with Crippen LogP contribution in [0, 0.1) is 11.3 Å². The van der Waals surface area contributed by atoms with Crippen molar-refractivity contribution in [2.45, 2.75) is 31.4 Å². The Kier molecular flexibility index (Phi) is 6.76. The third-order valence-corrected chi connectivity index (χ3v) is 4.13. The molecule has 4 N–H and O–H groups in total. The number of para-hydroxylation sites is 1. The van der Waals surface area contributed by atoms with Crippen LogP contribution in [0.3, 0.4) is 0 Å². The molecule has 10 nitrogen and oxygen atoms in total. The fraction of sp³-hybridized carbons (Fsp3) is 0.278. The standard InChI is InChI=1S/C18H17N5O5/c19-7-10-2-1-3-13-11(8-21-16(10)13)6-15(25)17(26)23-14(18(27)28)5-4-12(24)9-22-20/h1-3,8-9,14-15,21,25H,4-6H2,(H,23,26)(H,27,28)/t14-,15-/m0/s1. The van der Waals surface area contributed by atoms with E-state index in [1.54, 1.807) is 24.4 Å². The molecular weight excluding hydrogens is 366 g/mol. The maximum Gasteiger partial charge on any atom is 0.326 e. The second kappa shape index (κ2) is 9.23. The maximum atomic E-state index is 12.2. The minimum absolute atomic E-state index is 0.0941. The molecule has 0 saturated carbocycles. The first-order valence-corrected chi connectivity index (χ1v) is 8.28. The number of hydrogen-bond donors (Lipinski definition) is 4. The number of nitriles is 1. The molecule has 28 heavy (non-hydrogen) atoms. The molecule has 0 aliphatic rings. The van der Waals surface area contributed by atoms with Gasteiger partial charge in [-0.25, -0.2) is 4.79 Å². The molecule has 2 aromatic rings. The van der Waals surface area contributed by atoms with Gasteiger partial charge in [-0.3, -0.25) is 9.59 Å². The number of nitrogens with zero attached hydrogens (tertiary/aromatic N) is 3. The number of benzene rings is 1. The Morgan fingerprint density at radius 3 is 2.79 bits per heavy atom. The number of aromatic amines is 1.